The van der Waals surface area contributed by atoms with Gasteiger partial charge in [0.25, 0.3) is 0 Å². The van der Waals surface area contributed by atoms with Crippen molar-refractivity contribution in [2.75, 3.05) is 14.2 Å². The molecule has 0 saturated carbocycles. The number of ether oxygens (including phenoxy) is 2. The average molecular weight is 291 g/mol. The molecule has 20 heavy (non-hydrogen) atoms. The molecule has 7 heteroatoms. The summed E-state index contributed by atoms with van der Waals surface area (Å²) in [5.74, 6) is -1.11. The summed E-state index contributed by atoms with van der Waals surface area (Å²) in [7, 11) is 2.51. The van der Waals surface area contributed by atoms with E-state index < -0.39 is 11.9 Å². The predicted octanol–water partition coefficient (Wildman–Crippen LogP) is 2.44. The molecule has 0 unspecified atom stereocenters. The standard InChI is InChI=1S/C13H9NO5S/c1-18-12(16)7-3-4-9-8(5-7)10(14-6-15)11(20-9)13(17)19-2/h3-5H,1-2H3. The monoisotopic (exact) mass is 291 g/mol. The average Bonchev–Trinajstić information content (AvgIpc) is 2.84. The number of fused-ring (bicyclic) bond motifs is 1. The first kappa shape index (κ1) is 13.9. The minimum Gasteiger partial charge on any atom is -0.465 e. The second-order valence-corrected chi connectivity index (χ2v) is 4.73. The van der Waals surface area contributed by atoms with Crippen molar-refractivity contribution in [1.29, 1.82) is 0 Å². The Hall–Kier alpha value is -2.50. The molecule has 6 nitrogen and oxygen atoms in total. The van der Waals surface area contributed by atoms with Crippen LogP contribution in [-0.2, 0) is 14.3 Å². The van der Waals surface area contributed by atoms with Gasteiger partial charge >= 0.3 is 11.9 Å². The van der Waals surface area contributed by atoms with Gasteiger partial charge < -0.3 is 9.47 Å². The number of carbonyl (C=O) groups excluding carboxylic acids is 3. The highest BCUT2D eigenvalue weighted by atomic mass is 32.1. The molecule has 0 spiro atoms. The number of isocyanates is 1. The summed E-state index contributed by atoms with van der Waals surface area (Å²) in [6.07, 6.45) is 1.40. The summed E-state index contributed by atoms with van der Waals surface area (Å²) in [6, 6.07) is 4.74. The summed E-state index contributed by atoms with van der Waals surface area (Å²) in [5, 5.41) is 0.502. The van der Waals surface area contributed by atoms with Crippen LogP contribution in [0.15, 0.2) is 23.2 Å². The van der Waals surface area contributed by atoms with Crippen LogP contribution in [0.2, 0.25) is 0 Å². The van der Waals surface area contributed by atoms with Crippen molar-refractivity contribution in [1.82, 2.24) is 0 Å². The molecule has 0 aliphatic rings. The first-order valence-electron chi connectivity index (χ1n) is 5.43. The Balaban J connectivity index is 2.73. The van der Waals surface area contributed by atoms with Crippen LogP contribution in [0, 0.1) is 0 Å². The van der Waals surface area contributed by atoms with Crippen LogP contribution < -0.4 is 0 Å². The largest absolute Gasteiger partial charge is 0.465 e. The number of hydrogen-bond donors (Lipinski definition) is 0. The molecule has 0 fully saturated rings. The number of hydrogen-bond acceptors (Lipinski definition) is 7. The maximum absolute atomic E-state index is 11.7. The van der Waals surface area contributed by atoms with Crippen molar-refractivity contribution in [2.24, 2.45) is 4.99 Å². The maximum atomic E-state index is 11.7. The third-order valence-electron chi connectivity index (χ3n) is 2.61. The lowest BCUT2D eigenvalue weighted by molar-refractivity contribution is 0.0595. The normalized spacial score (nSPS) is 9.90. The lowest BCUT2D eigenvalue weighted by Gasteiger charge is -1.99. The molecule has 2 aromatic rings. The van der Waals surface area contributed by atoms with E-state index in [9.17, 15) is 14.4 Å². The molecule has 1 aromatic carbocycles. The van der Waals surface area contributed by atoms with E-state index in [1.807, 2.05) is 0 Å². The highest BCUT2D eigenvalue weighted by molar-refractivity contribution is 7.21. The van der Waals surface area contributed by atoms with Crippen molar-refractivity contribution in [3.63, 3.8) is 0 Å². The summed E-state index contributed by atoms with van der Waals surface area (Å²) in [6.45, 7) is 0. The molecule has 0 aliphatic heterocycles. The van der Waals surface area contributed by atoms with Crippen LogP contribution >= 0.6 is 11.3 Å². The van der Waals surface area contributed by atoms with Crippen molar-refractivity contribution in [2.45, 2.75) is 0 Å². The van der Waals surface area contributed by atoms with Crippen molar-refractivity contribution in [3.05, 3.63) is 28.6 Å². The number of thiophene rings is 1. The molecule has 1 heterocycles. The molecular weight excluding hydrogens is 282 g/mol. The van der Waals surface area contributed by atoms with Gasteiger partial charge in [-0.2, -0.15) is 4.99 Å². The molecule has 0 bridgehead atoms. The number of nitrogens with zero attached hydrogens (tertiary/aromatic N) is 1. The Bertz CT molecular complexity index is 743. The molecule has 2 rings (SSSR count). The molecular formula is C13H9NO5S. The Morgan fingerprint density at radius 1 is 1.20 bits per heavy atom. The zero-order valence-corrected chi connectivity index (χ0v) is 11.4. The van der Waals surface area contributed by atoms with Gasteiger partial charge in [0.15, 0.2) is 0 Å². The second kappa shape index (κ2) is 5.64. The van der Waals surface area contributed by atoms with Gasteiger partial charge in [0.1, 0.15) is 10.6 Å². The van der Waals surface area contributed by atoms with Gasteiger partial charge in [0.05, 0.1) is 19.8 Å². The summed E-state index contributed by atoms with van der Waals surface area (Å²) in [5.41, 5.74) is 0.453. The van der Waals surface area contributed by atoms with Gasteiger partial charge in [-0.25, -0.2) is 14.4 Å². The van der Waals surface area contributed by atoms with E-state index in [1.165, 1.54) is 26.4 Å². The van der Waals surface area contributed by atoms with Crippen LogP contribution in [-0.4, -0.2) is 32.2 Å². The van der Waals surface area contributed by atoms with Gasteiger partial charge in [0, 0.05) is 10.1 Å². The van der Waals surface area contributed by atoms with E-state index in [2.05, 4.69) is 14.5 Å². The number of esters is 2. The topological polar surface area (TPSA) is 82.0 Å². The van der Waals surface area contributed by atoms with Crippen LogP contribution in [0.4, 0.5) is 5.69 Å². The fraction of sp³-hybridized carbons (Fsp3) is 0.154. The van der Waals surface area contributed by atoms with Gasteiger partial charge in [-0.15, -0.1) is 11.3 Å². The SMILES string of the molecule is COC(=O)c1ccc2sc(C(=O)OC)c(N=C=O)c2c1. The zero-order chi connectivity index (χ0) is 14.7. The third kappa shape index (κ3) is 2.32. The summed E-state index contributed by atoms with van der Waals surface area (Å²) < 4.78 is 9.97. The Labute approximate surface area is 117 Å². The lowest BCUT2D eigenvalue weighted by atomic mass is 10.1. The Kier molecular flexibility index (Phi) is 3.93. The fourth-order valence-corrected chi connectivity index (χ4v) is 2.76. The third-order valence-corrected chi connectivity index (χ3v) is 3.75. The van der Waals surface area contributed by atoms with Crippen molar-refractivity contribution in [3.8, 4) is 0 Å². The molecule has 0 aliphatic carbocycles. The molecule has 0 atom stereocenters. The van der Waals surface area contributed by atoms with E-state index >= 15 is 0 Å². The first-order valence-corrected chi connectivity index (χ1v) is 6.25. The molecule has 102 valence electrons. The smallest absolute Gasteiger partial charge is 0.350 e. The molecule has 1 aromatic heterocycles. The molecule has 0 radical (unpaired) electrons. The van der Waals surface area contributed by atoms with E-state index in [0.29, 0.717) is 15.6 Å². The van der Waals surface area contributed by atoms with Crippen LogP contribution in [0.25, 0.3) is 10.1 Å². The summed E-state index contributed by atoms with van der Waals surface area (Å²) >= 11 is 1.13. The number of benzene rings is 1. The van der Waals surface area contributed by atoms with Crippen LogP contribution in [0.3, 0.4) is 0 Å². The number of methoxy groups -OCH3 is 2. The minimum atomic E-state index is -0.597. The second-order valence-electron chi connectivity index (χ2n) is 3.68. The fourth-order valence-electron chi connectivity index (χ4n) is 1.72. The predicted molar refractivity (Wildman–Crippen MR) is 72.3 cm³/mol. The zero-order valence-electron chi connectivity index (χ0n) is 10.6. The number of carbonyl (C=O) groups is 2. The number of rotatable bonds is 3. The lowest BCUT2D eigenvalue weighted by Crippen LogP contribution is -2.00. The van der Waals surface area contributed by atoms with E-state index in [4.69, 9.17) is 0 Å². The molecule has 0 N–H and O–H groups in total. The molecule has 0 saturated heterocycles. The van der Waals surface area contributed by atoms with E-state index in [-0.39, 0.29) is 10.6 Å². The van der Waals surface area contributed by atoms with Crippen molar-refractivity contribution >= 4 is 45.1 Å². The van der Waals surface area contributed by atoms with Gasteiger partial charge in [-0.05, 0) is 18.2 Å². The summed E-state index contributed by atoms with van der Waals surface area (Å²) in [4.78, 5) is 37.4. The van der Waals surface area contributed by atoms with Gasteiger partial charge in [0.2, 0.25) is 6.08 Å². The highest BCUT2D eigenvalue weighted by Gasteiger charge is 2.20. The van der Waals surface area contributed by atoms with Gasteiger partial charge in [-0.1, -0.05) is 0 Å². The quantitative estimate of drug-likeness (QED) is 0.493. The van der Waals surface area contributed by atoms with Crippen LogP contribution in [0.1, 0.15) is 20.0 Å². The first-order chi connectivity index (χ1) is 9.62. The Morgan fingerprint density at radius 2 is 1.90 bits per heavy atom. The van der Waals surface area contributed by atoms with Crippen LogP contribution in [0.5, 0.6) is 0 Å². The number of aliphatic imine (C=N–C) groups is 1. The van der Waals surface area contributed by atoms with Crippen molar-refractivity contribution < 1.29 is 23.9 Å². The van der Waals surface area contributed by atoms with E-state index in [1.54, 1.807) is 12.1 Å². The maximum Gasteiger partial charge on any atom is 0.350 e. The Morgan fingerprint density at radius 3 is 2.50 bits per heavy atom. The molecule has 0 amide bonds. The minimum absolute atomic E-state index is 0.151. The van der Waals surface area contributed by atoms with Gasteiger partial charge in [-0.3, -0.25) is 0 Å². The highest BCUT2D eigenvalue weighted by Crippen LogP contribution is 2.38. The van der Waals surface area contributed by atoms with E-state index in [0.717, 1.165) is 11.3 Å².